The Bertz CT molecular complexity index is 196. The molecule has 0 atom stereocenters. The standard InChI is InChI=1S/C4H5NO3.C2H3BrO/c6-3-1-2-4(7)5(3)8;1-2(3)4/h8H,1-2H2;1H3. The van der Waals surface area contributed by atoms with E-state index in [9.17, 15) is 14.4 Å². The molecule has 0 radical (unpaired) electrons. The minimum Gasteiger partial charge on any atom is -0.287 e. The summed E-state index contributed by atoms with van der Waals surface area (Å²) in [6, 6.07) is 0. The quantitative estimate of drug-likeness (QED) is 0.377. The van der Waals surface area contributed by atoms with Crippen LogP contribution in [0.5, 0.6) is 0 Å². The topological polar surface area (TPSA) is 74.7 Å². The number of rotatable bonds is 0. The van der Waals surface area contributed by atoms with E-state index in [1.807, 2.05) is 0 Å². The first-order valence-corrected chi connectivity index (χ1v) is 3.95. The van der Waals surface area contributed by atoms with Crippen LogP contribution in [0.2, 0.25) is 0 Å². The molecule has 0 aromatic heterocycles. The maximum atomic E-state index is 10.2. The van der Waals surface area contributed by atoms with E-state index < -0.39 is 11.8 Å². The van der Waals surface area contributed by atoms with E-state index in [1.165, 1.54) is 6.92 Å². The van der Waals surface area contributed by atoms with Crippen molar-refractivity contribution in [3.63, 3.8) is 0 Å². The van der Waals surface area contributed by atoms with E-state index in [1.54, 1.807) is 0 Å². The average molecular weight is 238 g/mol. The molecule has 1 aliphatic rings. The molecule has 1 rings (SSSR count). The summed E-state index contributed by atoms with van der Waals surface area (Å²) in [6.45, 7) is 1.44. The minimum absolute atomic E-state index is 0.0208. The predicted octanol–water partition coefficient (Wildman–Crippen LogP) is 0.452. The van der Waals surface area contributed by atoms with Crippen LogP contribution in [0.3, 0.4) is 0 Å². The van der Waals surface area contributed by atoms with E-state index in [-0.39, 0.29) is 22.6 Å². The largest absolute Gasteiger partial charge is 0.287 e. The summed E-state index contributed by atoms with van der Waals surface area (Å²) < 4.78 is -0.0208. The molecule has 0 aliphatic carbocycles. The molecule has 0 aromatic rings. The van der Waals surface area contributed by atoms with Crippen LogP contribution in [-0.4, -0.2) is 26.8 Å². The van der Waals surface area contributed by atoms with Gasteiger partial charge < -0.3 is 0 Å². The zero-order valence-electron chi connectivity index (χ0n) is 6.41. The third-order valence-electron chi connectivity index (χ3n) is 1.03. The molecule has 1 fully saturated rings. The number of nitrogens with zero attached hydrogens (tertiary/aromatic N) is 1. The summed E-state index contributed by atoms with van der Waals surface area (Å²) in [6.07, 6.45) is 0.296. The van der Waals surface area contributed by atoms with Gasteiger partial charge in [0, 0.05) is 19.8 Å². The maximum absolute atomic E-state index is 10.2. The molecular weight excluding hydrogens is 230 g/mol. The van der Waals surface area contributed by atoms with Gasteiger partial charge >= 0.3 is 0 Å². The van der Waals surface area contributed by atoms with Crippen molar-refractivity contribution < 1.29 is 19.6 Å². The molecule has 0 aromatic carbocycles. The van der Waals surface area contributed by atoms with Gasteiger partial charge in [0.25, 0.3) is 11.8 Å². The molecule has 68 valence electrons. The highest BCUT2D eigenvalue weighted by molar-refractivity contribution is 9.18. The second kappa shape index (κ2) is 5.00. The third-order valence-corrected chi connectivity index (χ3v) is 1.03. The SMILES string of the molecule is CC(=O)Br.O=C1CCC(=O)N1O. The second-order valence-electron chi connectivity index (χ2n) is 2.07. The molecule has 0 unspecified atom stereocenters. The zero-order chi connectivity index (χ0) is 9.72. The lowest BCUT2D eigenvalue weighted by molar-refractivity contribution is -0.171. The number of hydroxylamine groups is 2. The Labute approximate surface area is 77.4 Å². The minimum atomic E-state index is -0.505. The van der Waals surface area contributed by atoms with Crippen molar-refractivity contribution in [2.75, 3.05) is 0 Å². The van der Waals surface area contributed by atoms with E-state index in [0.717, 1.165) is 0 Å². The van der Waals surface area contributed by atoms with Gasteiger partial charge in [-0.05, 0) is 15.9 Å². The summed E-state index contributed by atoms with van der Waals surface area (Å²) in [5.74, 6) is -1.01. The Morgan fingerprint density at radius 1 is 1.42 bits per heavy atom. The Morgan fingerprint density at radius 2 is 1.67 bits per heavy atom. The molecule has 0 bridgehead atoms. The molecule has 1 heterocycles. The summed E-state index contributed by atoms with van der Waals surface area (Å²) >= 11 is 2.63. The number of halogens is 1. The van der Waals surface area contributed by atoms with Gasteiger partial charge in [-0.25, -0.2) is 0 Å². The van der Waals surface area contributed by atoms with Crippen molar-refractivity contribution in [3.05, 3.63) is 0 Å². The summed E-state index contributed by atoms with van der Waals surface area (Å²) in [7, 11) is 0. The molecular formula is C6H8BrNO4. The van der Waals surface area contributed by atoms with Gasteiger partial charge in [-0.15, -0.1) is 0 Å². The van der Waals surface area contributed by atoms with E-state index >= 15 is 0 Å². The van der Waals surface area contributed by atoms with E-state index in [2.05, 4.69) is 15.9 Å². The molecule has 5 nitrogen and oxygen atoms in total. The van der Waals surface area contributed by atoms with Gasteiger partial charge in [0.05, 0.1) is 0 Å². The van der Waals surface area contributed by atoms with Crippen molar-refractivity contribution in [2.24, 2.45) is 0 Å². The Morgan fingerprint density at radius 3 is 1.75 bits per heavy atom. The lowest BCUT2D eigenvalue weighted by Gasteiger charge is -1.98. The van der Waals surface area contributed by atoms with Crippen molar-refractivity contribution >= 4 is 32.4 Å². The Hall–Kier alpha value is -0.750. The molecule has 0 spiro atoms. The number of carbonyl (C=O) groups excluding carboxylic acids is 3. The summed E-state index contributed by atoms with van der Waals surface area (Å²) in [5, 5.41) is 8.57. The van der Waals surface area contributed by atoms with Crippen LogP contribution in [0, 0.1) is 0 Å². The fourth-order valence-corrected chi connectivity index (χ4v) is 0.565. The molecule has 12 heavy (non-hydrogen) atoms. The van der Waals surface area contributed by atoms with Crippen LogP contribution >= 0.6 is 15.9 Å². The summed E-state index contributed by atoms with van der Waals surface area (Å²) in [5.41, 5.74) is 0. The predicted molar refractivity (Wildman–Crippen MR) is 42.5 cm³/mol. The highest BCUT2D eigenvalue weighted by atomic mass is 79.9. The van der Waals surface area contributed by atoms with Crippen molar-refractivity contribution in [1.82, 2.24) is 5.06 Å². The van der Waals surface area contributed by atoms with E-state index in [0.29, 0.717) is 0 Å². The normalized spacial score (nSPS) is 15.8. The molecule has 1 N–H and O–H groups in total. The monoisotopic (exact) mass is 237 g/mol. The Balaban J connectivity index is 0.000000261. The van der Waals surface area contributed by atoms with Crippen molar-refractivity contribution in [3.8, 4) is 0 Å². The van der Waals surface area contributed by atoms with Crippen LogP contribution in [0.4, 0.5) is 0 Å². The zero-order valence-corrected chi connectivity index (χ0v) is 8.00. The van der Waals surface area contributed by atoms with Crippen molar-refractivity contribution in [1.29, 1.82) is 0 Å². The van der Waals surface area contributed by atoms with Crippen LogP contribution in [-0.2, 0) is 14.4 Å². The number of amides is 2. The summed E-state index contributed by atoms with van der Waals surface area (Å²) in [4.78, 5) is 29.8. The highest BCUT2D eigenvalue weighted by Gasteiger charge is 2.26. The van der Waals surface area contributed by atoms with Gasteiger partial charge in [-0.2, -0.15) is 5.06 Å². The first-order valence-electron chi connectivity index (χ1n) is 3.16. The third kappa shape index (κ3) is 4.20. The fourth-order valence-electron chi connectivity index (χ4n) is 0.565. The van der Waals surface area contributed by atoms with Gasteiger partial charge in [-0.3, -0.25) is 19.6 Å². The number of hydrogen-bond acceptors (Lipinski definition) is 4. The van der Waals surface area contributed by atoms with E-state index in [4.69, 9.17) is 5.21 Å². The molecule has 1 aliphatic heterocycles. The van der Waals surface area contributed by atoms with Crippen LogP contribution in [0.15, 0.2) is 0 Å². The number of imide groups is 1. The molecule has 0 saturated carbocycles. The number of carbonyl (C=O) groups is 3. The maximum Gasteiger partial charge on any atom is 0.253 e. The second-order valence-corrected chi connectivity index (χ2v) is 3.19. The lowest BCUT2D eigenvalue weighted by Crippen LogP contribution is -2.24. The fraction of sp³-hybridized carbons (Fsp3) is 0.500. The number of hydrogen-bond donors (Lipinski definition) is 1. The highest BCUT2D eigenvalue weighted by Crippen LogP contribution is 2.06. The van der Waals surface area contributed by atoms with Gasteiger partial charge in [0.15, 0.2) is 4.69 Å². The lowest BCUT2D eigenvalue weighted by atomic mass is 10.4. The van der Waals surface area contributed by atoms with Crippen LogP contribution in [0.1, 0.15) is 19.8 Å². The first-order chi connectivity index (χ1) is 5.45. The average Bonchev–Trinajstić information content (AvgIpc) is 2.19. The van der Waals surface area contributed by atoms with Gasteiger partial charge in [0.1, 0.15) is 0 Å². The van der Waals surface area contributed by atoms with Gasteiger partial charge in [0.2, 0.25) is 0 Å². The Kier molecular flexibility index (Phi) is 4.68. The first kappa shape index (κ1) is 11.2. The van der Waals surface area contributed by atoms with Gasteiger partial charge in [-0.1, -0.05) is 0 Å². The van der Waals surface area contributed by atoms with Crippen molar-refractivity contribution in [2.45, 2.75) is 19.8 Å². The molecule has 1 saturated heterocycles. The molecule has 2 amide bonds. The van der Waals surface area contributed by atoms with Crippen LogP contribution < -0.4 is 0 Å². The molecule has 6 heteroatoms. The van der Waals surface area contributed by atoms with Crippen LogP contribution in [0.25, 0.3) is 0 Å². The smallest absolute Gasteiger partial charge is 0.253 e.